The zero-order valence-electron chi connectivity index (χ0n) is 10.6. The summed E-state index contributed by atoms with van der Waals surface area (Å²) in [6.45, 7) is 3.86. The fourth-order valence-corrected chi connectivity index (χ4v) is 2.09. The van der Waals surface area contributed by atoms with Crippen LogP contribution in [-0.2, 0) is 0 Å². The van der Waals surface area contributed by atoms with Gasteiger partial charge in [0.25, 0.3) is 0 Å². The fourth-order valence-electron chi connectivity index (χ4n) is 1.93. The first-order chi connectivity index (χ1) is 8.52. The number of rotatable bonds is 3. The maximum atomic E-state index is 13.9. The van der Waals surface area contributed by atoms with Crippen molar-refractivity contribution >= 4 is 11.6 Å². The zero-order chi connectivity index (χ0) is 13.3. The van der Waals surface area contributed by atoms with E-state index < -0.39 is 0 Å². The van der Waals surface area contributed by atoms with Gasteiger partial charge in [0.1, 0.15) is 17.3 Å². The molecule has 2 aromatic rings. The Morgan fingerprint density at radius 3 is 2.50 bits per heavy atom. The summed E-state index contributed by atoms with van der Waals surface area (Å²) in [6.07, 6.45) is 0. The van der Waals surface area contributed by atoms with E-state index in [1.165, 1.54) is 6.07 Å². The average Bonchev–Trinajstić information content (AvgIpc) is 2.63. The zero-order valence-corrected chi connectivity index (χ0v) is 11.3. The highest BCUT2D eigenvalue weighted by Crippen LogP contribution is 2.28. The van der Waals surface area contributed by atoms with E-state index in [2.05, 4.69) is 5.32 Å². The lowest BCUT2D eigenvalue weighted by molar-refractivity contribution is 0.435. The van der Waals surface area contributed by atoms with Gasteiger partial charge in [-0.15, -0.1) is 0 Å². The van der Waals surface area contributed by atoms with Crippen LogP contribution in [0.2, 0.25) is 5.02 Å². The van der Waals surface area contributed by atoms with Gasteiger partial charge >= 0.3 is 0 Å². The number of aryl methyl sites for hydroxylation is 2. The van der Waals surface area contributed by atoms with Crippen molar-refractivity contribution in [3.8, 4) is 0 Å². The number of halogens is 2. The molecule has 4 heteroatoms. The molecule has 1 aromatic heterocycles. The van der Waals surface area contributed by atoms with Gasteiger partial charge in [0, 0.05) is 10.6 Å². The van der Waals surface area contributed by atoms with Gasteiger partial charge in [-0.05, 0) is 44.7 Å². The highest BCUT2D eigenvalue weighted by molar-refractivity contribution is 6.30. The highest BCUT2D eigenvalue weighted by Gasteiger charge is 2.20. The summed E-state index contributed by atoms with van der Waals surface area (Å²) in [5.74, 6) is 1.21. The first kappa shape index (κ1) is 13.1. The van der Waals surface area contributed by atoms with E-state index >= 15 is 0 Å². The van der Waals surface area contributed by atoms with Crippen LogP contribution in [0.5, 0.6) is 0 Å². The van der Waals surface area contributed by atoms with E-state index in [1.54, 1.807) is 19.2 Å². The molecule has 0 aliphatic heterocycles. The molecule has 1 aromatic carbocycles. The first-order valence-corrected chi connectivity index (χ1v) is 6.10. The van der Waals surface area contributed by atoms with Gasteiger partial charge in [-0.1, -0.05) is 17.7 Å². The molecule has 0 radical (unpaired) electrons. The van der Waals surface area contributed by atoms with Crippen molar-refractivity contribution in [1.29, 1.82) is 0 Å². The number of hydrogen-bond acceptors (Lipinski definition) is 2. The first-order valence-electron chi connectivity index (χ1n) is 5.72. The normalized spacial score (nSPS) is 12.7. The van der Waals surface area contributed by atoms with Gasteiger partial charge in [0.15, 0.2) is 0 Å². The summed E-state index contributed by atoms with van der Waals surface area (Å²) in [6, 6.07) is 6.27. The third-order valence-electron chi connectivity index (χ3n) is 3.03. The molecule has 1 unspecified atom stereocenters. The van der Waals surface area contributed by atoms with Gasteiger partial charge in [0.2, 0.25) is 0 Å². The van der Waals surface area contributed by atoms with Crippen molar-refractivity contribution in [3.63, 3.8) is 0 Å². The Morgan fingerprint density at radius 2 is 2.00 bits per heavy atom. The molecule has 0 saturated heterocycles. The molecule has 0 saturated carbocycles. The summed E-state index contributed by atoms with van der Waals surface area (Å²) < 4.78 is 19.6. The minimum absolute atomic E-state index is 0.310. The molecule has 0 aliphatic rings. The largest absolute Gasteiger partial charge is 0.464 e. The molecule has 2 rings (SSSR count). The maximum Gasteiger partial charge on any atom is 0.129 e. The van der Waals surface area contributed by atoms with Crippen LogP contribution < -0.4 is 5.32 Å². The minimum Gasteiger partial charge on any atom is -0.464 e. The van der Waals surface area contributed by atoms with E-state index in [4.69, 9.17) is 16.0 Å². The highest BCUT2D eigenvalue weighted by atomic mass is 35.5. The molecule has 1 N–H and O–H groups in total. The molecular formula is C14H15ClFNO. The fraction of sp³-hybridized carbons (Fsp3) is 0.286. The van der Waals surface area contributed by atoms with E-state index in [-0.39, 0.29) is 11.9 Å². The lowest BCUT2D eigenvalue weighted by Gasteiger charge is -2.15. The second kappa shape index (κ2) is 5.12. The number of furan rings is 1. The van der Waals surface area contributed by atoms with E-state index in [0.717, 1.165) is 11.3 Å². The summed E-state index contributed by atoms with van der Waals surface area (Å²) in [7, 11) is 1.77. The van der Waals surface area contributed by atoms with Crippen LogP contribution >= 0.6 is 11.6 Å². The second-order valence-corrected chi connectivity index (χ2v) is 4.71. The van der Waals surface area contributed by atoms with Crippen LogP contribution in [0.1, 0.15) is 28.7 Å². The molecule has 0 bridgehead atoms. The van der Waals surface area contributed by atoms with Crippen LogP contribution in [0.3, 0.4) is 0 Å². The van der Waals surface area contributed by atoms with E-state index in [0.29, 0.717) is 16.3 Å². The summed E-state index contributed by atoms with van der Waals surface area (Å²) >= 11 is 5.76. The van der Waals surface area contributed by atoms with Crippen molar-refractivity contribution in [2.75, 3.05) is 7.05 Å². The Bertz CT molecular complexity index is 545. The maximum absolute atomic E-state index is 13.9. The van der Waals surface area contributed by atoms with Gasteiger partial charge in [-0.25, -0.2) is 4.39 Å². The van der Waals surface area contributed by atoms with E-state index in [1.807, 2.05) is 19.9 Å². The number of nitrogens with one attached hydrogen (secondary N) is 1. The molecule has 0 fully saturated rings. The topological polar surface area (TPSA) is 25.2 Å². The number of benzene rings is 1. The van der Waals surface area contributed by atoms with Crippen molar-refractivity contribution in [1.82, 2.24) is 5.32 Å². The molecule has 96 valence electrons. The smallest absolute Gasteiger partial charge is 0.129 e. The van der Waals surface area contributed by atoms with Gasteiger partial charge in [-0.2, -0.15) is 0 Å². The summed E-state index contributed by atoms with van der Waals surface area (Å²) in [5.41, 5.74) is 1.58. The summed E-state index contributed by atoms with van der Waals surface area (Å²) in [4.78, 5) is 0. The van der Waals surface area contributed by atoms with E-state index in [9.17, 15) is 4.39 Å². The van der Waals surface area contributed by atoms with Crippen molar-refractivity contribution in [2.45, 2.75) is 19.9 Å². The monoisotopic (exact) mass is 267 g/mol. The lowest BCUT2D eigenvalue weighted by Crippen LogP contribution is -2.18. The van der Waals surface area contributed by atoms with Gasteiger partial charge in [0.05, 0.1) is 6.04 Å². The Kier molecular flexibility index (Phi) is 3.73. The summed E-state index contributed by atoms with van der Waals surface area (Å²) in [5, 5.41) is 3.45. The number of hydrogen-bond donors (Lipinski definition) is 1. The van der Waals surface area contributed by atoms with Gasteiger partial charge < -0.3 is 9.73 Å². The Labute approximate surface area is 111 Å². The average molecular weight is 268 g/mol. The predicted molar refractivity (Wildman–Crippen MR) is 70.5 cm³/mol. The van der Waals surface area contributed by atoms with Crippen LogP contribution in [-0.4, -0.2) is 7.05 Å². The van der Waals surface area contributed by atoms with Crippen LogP contribution in [0.25, 0.3) is 0 Å². The van der Waals surface area contributed by atoms with Crippen molar-refractivity contribution in [2.24, 2.45) is 0 Å². The third-order valence-corrected chi connectivity index (χ3v) is 3.27. The lowest BCUT2D eigenvalue weighted by atomic mass is 10.0. The molecule has 2 nitrogen and oxygen atoms in total. The van der Waals surface area contributed by atoms with Crippen LogP contribution in [0, 0.1) is 19.7 Å². The predicted octanol–water partition coefficient (Wildman–Crippen LogP) is 4.00. The molecular weight excluding hydrogens is 253 g/mol. The Hall–Kier alpha value is -1.32. The Morgan fingerprint density at radius 1 is 1.28 bits per heavy atom. The quantitative estimate of drug-likeness (QED) is 0.909. The Balaban J connectivity index is 2.45. The van der Waals surface area contributed by atoms with Crippen molar-refractivity contribution < 1.29 is 8.81 Å². The van der Waals surface area contributed by atoms with Crippen LogP contribution in [0.4, 0.5) is 4.39 Å². The molecule has 1 atom stereocenters. The molecule has 18 heavy (non-hydrogen) atoms. The van der Waals surface area contributed by atoms with Gasteiger partial charge in [-0.3, -0.25) is 0 Å². The third kappa shape index (κ3) is 2.42. The molecule has 0 aliphatic carbocycles. The minimum atomic E-state index is -0.339. The molecule has 0 spiro atoms. The SMILES string of the molecule is CNC(c1cc(C)c(C)o1)c1ccc(Cl)cc1F. The standard InChI is InChI=1S/C14H15ClFNO/c1-8-6-13(18-9(8)2)14(17-3)11-5-4-10(15)7-12(11)16/h4-7,14,17H,1-3H3. The van der Waals surface area contributed by atoms with Crippen LogP contribution in [0.15, 0.2) is 28.7 Å². The van der Waals surface area contributed by atoms with Crippen molar-refractivity contribution in [3.05, 3.63) is 57.8 Å². The second-order valence-electron chi connectivity index (χ2n) is 4.28. The molecule has 0 amide bonds. The molecule has 1 heterocycles.